The smallest absolute Gasteiger partial charge is 0.414 e. The molecule has 17 nitrogen and oxygen atoms in total. The van der Waals surface area contributed by atoms with Crippen molar-refractivity contribution in [2.45, 2.75) is 94.3 Å². The number of carbonyl (C=O) groups excluding carboxylic acids is 6. The highest BCUT2D eigenvalue weighted by Gasteiger charge is 2.79. The van der Waals surface area contributed by atoms with Crippen molar-refractivity contribution < 1.29 is 70.4 Å². The van der Waals surface area contributed by atoms with Crippen LogP contribution in [-0.4, -0.2) is 81.5 Å². The second-order valence-electron chi connectivity index (χ2n) is 15.4. The van der Waals surface area contributed by atoms with Gasteiger partial charge in [-0.1, -0.05) is 38.6 Å². The van der Waals surface area contributed by atoms with Gasteiger partial charge in [0.1, 0.15) is 25.1 Å². The molecule has 3 saturated carbocycles. The van der Waals surface area contributed by atoms with Gasteiger partial charge in [0.25, 0.3) is 9.84 Å². The molecular weight excluding hydrogens is 756 g/mol. The van der Waals surface area contributed by atoms with Crippen molar-refractivity contribution in [3.8, 4) is 5.88 Å². The molecule has 2 spiro atoms. The van der Waals surface area contributed by atoms with Gasteiger partial charge in [0.15, 0.2) is 11.2 Å². The number of aldehydes is 1. The SMILES string of the molecule is C=C1C(=O)[C@@]23C(=O)OC[C@@]4(C2CC[C@@H]1[C@H]3OC(=O)CCC(=O)OCCCCOc1no[n+]([O-])c1S(=O)(=O)c1ccccc1)[C@@H](OC(C)=O)CCC(C)(C)[C@H]4C=O. The van der Waals surface area contributed by atoms with Crippen LogP contribution in [0.25, 0.3) is 0 Å². The molecule has 302 valence electrons. The van der Waals surface area contributed by atoms with Crippen LogP contribution in [0.1, 0.15) is 72.1 Å². The molecule has 2 bridgehead atoms. The van der Waals surface area contributed by atoms with Gasteiger partial charge < -0.3 is 33.7 Å². The lowest BCUT2D eigenvalue weighted by atomic mass is 9.43. The Bertz CT molecular complexity index is 2030. The third kappa shape index (κ3) is 6.74. The fourth-order valence-electron chi connectivity index (χ4n) is 9.38. The van der Waals surface area contributed by atoms with E-state index in [0.717, 1.165) is 6.29 Å². The Balaban J connectivity index is 1.06. The lowest BCUT2D eigenvalue weighted by Crippen LogP contribution is -2.71. The van der Waals surface area contributed by atoms with Crippen LogP contribution < -0.4 is 9.64 Å². The van der Waals surface area contributed by atoms with E-state index in [0.29, 0.717) is 25.7 Å². The Hall–Kier alpha value is -5.13. The number of ketones is 1. The standard InChI is InChI=1S/C38H44N2O15S/c1-22-25-12-13-26-37(27(20-41)36(3,4)17-16-28(37)53-23(2)42)21-52-35(46)38(26,31(22)45)32(25)54-30(44)15-14-29(43)50-18-8-9-19-51-33-34(40(47)55-39-33)56(48,49)24-10-6-5-7-11-24/h5-7,10-11,20,25-28,32H,1,8-9,12-19,21H2,2-4H3/t25-,26?,27+,28-,32+,37-,38-/m0/s1. The zero-order chi connectivity index (χ0) is 40.6. The highest BCUT2D eigenvalue weighted by Crippen LogP contribution is 2.68. The molecular formula is C38H44N2O15S. The number of rotatable bonds is 14. The summed E-state index contributed by atoms with van der Waals surface area (Å²) in [5.41, 5.74) is -3.79. The Labute approximate surface area is 322 Å². The first-order chi connectivity index (χ1) is 26.5. The number of aromatic nitrogens is 2. The monoisotopic (exact) mass is 800 g/mol. The Morgan fingerprint density at radius 3 is 2.43 bits per heavy atom. The Morgan fingerprint density at radius 2 is 1.73 bits per heavy atom. The number of hydrogen-bond acceptors (Lipinski definition) is 16. The predicted octanol–water partition coefficient (Wildman–Crippen LogP) is 2.80. The summed E-state index contributed by atoms with van der Waals surface area (Å²) in [6.45, 7) is 8.59. The number of carbonyl (C=O) groups is 6. The summed E-state index contributed by atoms with van der Waals surface area (Å²) in [5, 5.41) is 14.6. The van der Waals surface area contributed by atoms with E-state index in [4.69, 9.17) is 23.7 Å². The van der Waals surface area contributed by atoms with Gasteiger partial charge in [-0.3, -0.25) is 28.6 Å². The predicted molar refractivity (Wildman–Crippen MR) is 186 cm³/mol. The van der Waals surface area contributed by atoms with Crippen molar-refractivity contribution in [3.63, 3.8) is 0 Å². The van der Waals surface area contributed by atoms with Crippen LogP contribution in [0, 0.1) is 39.2 Å². The van der Waals surface area contributed by atoms with Crippen molar-refractivity contribution in [1.82, 2.24) is 5.16 Å². The van der Waals surface area contributed by atoms with Crippen molar-refractivity contribution in [2.75, 3.05) is 19.8 Å². The molecule has 4 fully saturated rings. The summed E-state index contributed by atoms with van der Waals surface area (Å²) < 4.78 is 58.4. The molecule has 1 aromatic carbocycles. The maximum absolute atomic E-state index is 14.2. The summed E-state index contributed by atoms with van der Waals surface area (Å²) in [7, 11) is -4.29. The largest absolute Gasteiger partial charge is 0.466 e. The van der Waals surface area contributed by atoms with Gasteiger partial charge >= 0.3 is 34.8 Å². The average molecular weight is 801 g/mol. The molecule has 18 heteroatoms. The van der Waals surface area contributed by atoms with Gasteiger partial charge in [-0.25, -0.2) is 8.42 Å². The normalized spacial score (nSPS) is 29.2. The zero-order valence-electron chi connectivity index (χ0n) is 31.3. The van der Waals surface area contributed by atoms with Crippen LogP contribution in [0.4, 0.5) is 0 Å². The van der Waals surface area contributed by atoms with Gasteiger partial charge in [0.2, 0.25) is 0 Å². The first kappa shape index (κ1) is 40.5. The molecule has 0 radical (unpaired) electrons. The Morgan fingerprint density at radius 1 is 1.04 bits per heavy atom. The van der Waals surface area contributed by atoms with Crippen LogP contribution in [0.2, 0.25) is 0 Å². The molecule has 7 atom stereocenters. The highest BCUT2D eigenvalue weighted by atomic mass is 32.2. The minimum atomic E-state index is -4.29. The topological polar surface area (TPSA) is 236 Å². The number of nitrogens with zero attached hydrogens (tertiary/aromatic N) is 2. The molecule has 1 aromatic heterocycles. The quantitative estimate of drug-likeness (QED) is 0.0508. The summed E-state index contributed by atoms with van der Waals surface area (Å²) in [5.74, 6) is -6.58. The van der Waals surface area contributed by atoms with Gasteiger partial charge in [-0.05, 0) is 72.5 Å². The third-order valence-electron chi connectivity index (χ3n) is 11.9. The van der Waals surface area contributed by atoms with E-state index in [2.05, 4.69) is 16.4 Å². The van der Waals surface area contributed by atoms with E-state index in [9.17, 15) is 42.4 Å². The summed E-state index contributed by atoms with van der Waals surface area (Å²) in [4.78, 5) is 78.8. The van der Waals surface area contributed by atoms with Crippen LogP contribution in [-0.2, 0) is 57.6 Å². The van der Waals surface area contributed by atoms with E-state index in [1.807, 2.05) is 13.8 Å². The molecule has 1 unspecified atom stereocenters. The number of Topliss-reactive ketones (excluding diaryl/α,β-unsaturated/α-hetero) is 1. The van der Waals surface area contributed by atoms with Crippen molar-refractivity contribution in [3.05, 3.63) is 47.7 Å². The lowest BCUT2D eigenvalue weighted by Gasteiger charge is -2.62. The number of cyclic esters (lactones) is 1. The van der Waals surface area contributed by atoms with Crippen molar-refractivity contribution in [2.24, 2.45) is 34.0 Å². The lowest BCUT2D eigenvalue weighted by molar-refractivity contribution is -0.832. The summed E-state index contributed by atoms with van der Waals surface area (Å²) in [6.07, 6.45) is -0.176. The van der Waals surface area contributed by atoms with E-state index < -0.39 is 103 Å². The zero-order valence-corrected chi connectivity index (χ0v) is 32.1. The van der Waals surface area contributed by atoms with Crippen molar-refractivity contribution >= 4 is 45.8 Å². The molecule has 56 heavy (non-hydrogen) atoms. The number of ether oxygens (including phenoxy) is 5. The van der Waals surface area contributed by atoms with E-state index in [1.54, 1.807) is 6.07 Å². The Kier molecular flexibility index (Phi) is 11.2. The molecule has 4 aliphatic rings. The number of esters is 4. The van der Waals surface area contributed by atoms with Crippen LogP contribution >= 0.6 is 0 Å². The van der Waals surface area contributed by atoms with E-state index in [-0.39, 0.29) is 54.5 Å². The molecule has 1 aliphatic heterocycles. The average Bonchev–Trinajstić information content (AvgIpc) is 3.59. The van der Waals surface area contributed by atoms with Gasteiger partial charge in [-0.2, -0.15) is 0 Å². The molecule has 0 N–H and O–H groups in total. The third-order valence-corrected chi connectivity index (χ3v) is 13.6. The minimum Gasteiger partial charge on any atom is -0.466 e. The van der Waals surface area contributed by atoms with Crippen molar-refractivity contribution in [1.29, 1.82) is 0 Å². The second-order valence-corrected chi connectivity index (χ2v) is 17.3. The molecule has 1 saturated heterocycles. The summed E-state index contributed by atoms with van der Waals surface area (Å²) in [6, 6.07) is 7.20. The van der Waals surface area contributed by atoms with Crippen LogP contribution in [0.15, 0.2) is 57.0 Å². The fourth-order valence-corrected chi connectivity index (χ4v) is 10.7. The number of fused-ring (bicyclic) bond motifs is 2. The number of benzene rings is 1. The molecule has 2 aromatic rings. The van der Waals surface area contributed by atoms with Crippen LogP contribution in [0.5, 0.6) is 5.88 Å². The maximum Gasteiger partial charge on any atom is 0.414 e. The molecule has 6 rings (SSSR count). The van der Waals surface area contributed by atoms with E-state index >= 15 is 0 Å². The first-order valence-electron chi connectivity index (χ1n) is 18.4. The number of hydrogen-bond donors (Lipinski definition) is 0. The van der Waals surface area contributed by atoms with Gasteiger partial charge in [-0.15, -0.1) is 0 Å². The number of unbranched alkanes of at least 4 members (excludes halogenated alkanes) is 1. The van der Waals surface area contributed by atoms with E-state index in [1.165, 1.54) is 31.2 Å². The minimum absolute atomic E-state index is 0.0811. The second kappa shape index (κ2) is 15.4. The molecule has 3 aliphatic carbocycles. The van der Waals surface area contributed by atoms with Crippen LogP contribution in [0.3, 0.4) is 0 Å². The molecule has 2 heterocycles. The maximum atomic E-state index is 14.2. The van der Waals surface area contributed by atoms with Gasteiger partial charge in [0.05, 0.1) is 41.5 Å². The first-order valence-corrected chi connectivity index (χ1v) is 19.9. The molecule has 0 amide bonds. The number of sulfone groups is 1. The highest BCUT2D eigenvalue weighted by molar-refractivity contribution is 7.91. The fraction of sp³-hybridized carbons (Fsp3) is 0.579. The summed E-state index contributed by atoms with van der Waals surface area (Å²) >= 11 is 0. The van der Waals surface area contributed by atoms with Gasteiger partial charge in [0, 0.05) is 18.8 Å².